The third-order valence-corrected chi connectivity index (χ3v) is 5.67. The first-order valence-corrected chi connectivity index (χ1v) is 11.6. The maximum atomic E-state index is 12.5. The number of nitrogens with one attached hydrogen (secondary N) is 1. The molecule has 2 aromatic heterocycles. The van der Waals surface area contributed by atoms with Gasteiger partial charge < -0.3 is 25.6 Å². The number of fused-ring (bicyclic) bond motifs is 1. The van der Waals surface area contributed by atoms with Gasteiger partial charge in [0, 0.05) is 6.20 Å². The Bertz CT molecular complexity index is 1360. The molecule has 0 saturated carbocycles. The van der Waals surface area contributed by atoms with E-state index in [1.165, 1.54) is 23.6 Å². The minimum absolute atomic E-state index is 0.120. The molecule has 0 unspecified atom stereocenters. The lowest BCUT2D eigenvalue weighted by Crippen LogP contribution is -2.27. The molecule has 2 amide bonds. The summed E-state index contributed by atoms with van der Waals surface area (Å²) in [7, 11) is 0. The van der Waals surface area contributed by atoms with E-state index in [0.717, 1.165) is 15.8 Å². The van der Waals surface area contributed by atoms with Gasteiger partial charge in [-0.25, -0.2) is 9.97 Å². The van der Waals surface area contributed by atoms with Crippen molar-refractivity contribution in [2.45, 2.75) is 25.9 Å². The zero-order valence-corrected chi connectivity index (χ0v) is 20.0. The molecule has 4 aromatic rings. The minimum Gasteiger partial charge on any atom is -0.491 e. The molecule has 10 heteroatoms. The fraction of sp³-hybridized carbons (Fsp3) is 0.200. The van der Waals surface area contributed by atoms with Gasteiger partial charge in [-0.2, -0.15) is 0 Å². The molecule has 180 valence electrons. The number of rotatable bonds is 9. The van der Waals surface area contributed by atoms with Crippen LogP contribution in [0.2, 0.25) is 0 Å². The standard InChI is InChI=1S/C25H24N4O5S/c1-25(2,32)14-33-17-9-10-19-20(13-17)35-24(28-19)29-21(30)12-15-5-7-16(8-6-15)34-23-18(22(26)31)4-3-11-27-23/h3-11,13,32H,12,14H2,1-2H3,(H2,26,31)(H,28,29,30). The first kappa shape index (κ1) is 24.1. The fourth-order valence-electron chi connectivity index (χ4n) is 3.10. The van der Waals surface area contributed by atoms with Gasteiger partial charge in [0.05, 0.1) is 22.2 Å². The number of nitrogens with two attached hydrogens (primary N) is 1. The number of primary amides is 1. The fourth-order valence-corrected chi connectivity index (χ4v) is 4.01. The summed E-state index contributed by atoms with van der Waals surface area (Å²) in [5.41, 5.74) is 6.11. The van der Waals surface area contributed by atoms with E-state index in [4.69, 9.17) is 15.2 Å². The number of aliphatic hydroxyl groups is 1. The molecule has 0 saturated heterocycles. The highest BCUT2D eigenvalue weighted by Gasteiger charge is 2.15. The SMILES string of the molecule is CC(C)(O)COc1ccc2nc(NC(=O)Cc3ccc(Oc4ncccc4C(N)=O)cc3)sc2c1. The van der Waals surface area contributed by atoms with Crippen LogP contribution < -0.4 is 20.5 Å². The number of thiazole rings is 1. The van der Waals surface area contributed by atoms with E-state index in [2.05, 4.69) is 15.3 Å². The Hall–Kier alpha value is -4.02. The number of anilines is 1. The molecule has 0 aliphatic carbocycles. The summed E-state index contributed by atoms with van der Waals surface area (Å²) in [6, 6.07) is 15.5. The summed E-state index contributed by atoms with van der Waals surface area (Å²) in [5, 5.41) is 13.1. The van der Waals surface area contributed by atoms with Gasteiger partial charge in [0.1, 0.15) is 23.7 Å². The number of nitrogens with zero attached hydrogens (tertiary/aromatic N) is 2. The summed E-state index contributed by atoms with van der Waals surface area (Å²) in [6.45, 7) is 3.51. The van der Waals surface area contributed by atoms with Gasteiger partial charge in [-0.05, 0) is 61.9 Å². The Morgan fingerprint density at radius 3 is 2.57 bits per heavy atom. The maximum Gasteiger partial charge on any atom is 0.254 e. The Balaban J connectivity index is 1.36. The number of pyridine rings is 1. The molecule has 0 radical (unpaired) electrons. The van der Waals surface area contributed by atoms with Crippen LogP contribution >= 0.6 is 11.3 Å². The first-order valence-electron chi connectivity index (χ1n) is 10.7. The topological polar surface area (TPSA) is 137 Å². The van der Waals surface area contributed by atoms with E-state index in [0.29, 0.717) is 16.6 Å². The van der Waals surface area contributed by atoms with Crippen molar-refractivity contribution < 1.29 is 24.2 Å². The van der Waals surface area contributed by atoms with E-state index < -0.39 is 11.5 Å². The van der Waals surface area contributed by atoms with E-state index in [1.54, 1.807) is 50.2 Å². The Morgan fingerprint density at radius 2 is 1.86 bits per heavy atom. The van der Waals surface area contributed by atoms with Gasteiger partial charge in [0.15, 0.2) is 5.13 Å². The van der Waals surface area contributed by atoms with Gasteiger partial charge in [0.25, 0.3) is 5.91 Å². The van der Waals surface area contributed by atoms with E-state index in [-0.39, 0.29) is 30.4 Å². The van der Waals surface area contributed by atoms with Gasteiger partial charge in [-0.15, -0.1) is 0 Å². The number of amides is 2. The normalized spacial score (nSPS) is 11.3. The highest BCUT2D eigenvalue weighted by Crippen LogP contribution is 2.30. The first-order chi connectivity index (χ1) is 16.7. The van der Waals surface area contributed by atoms with Crippen molar-refractivity contribution in [2.24, 2.45) is 5.73 Å². The van der Waals surface area contributed by atoms with E-state index >= 15 is 0 Å². The molecule has 2 aromatic carbocycles. The molecule has 0 aliphatic rings. The number of hydrogen-bond donors (Lipinski definition) is 3. The van der Waals surface area contributed by atoms with Gasteiger partial charge in [0.2, 0.25) is 11.8 Å². The minimum atomic E-state index is -0.934. The molecule has 2 heterocycles. The molecule has 0 atom stereocenters. The van der Waals surface area contributed by atoms with Gasteiger partial charge >= 0.3 is 0 Å². The van der Waals surface area contributed by atoms with Crippen LogP contribution in [0.25, 0.3) is 10.2 Å². The van der Waals surface area contributed by atoms with Crippen molar-refractivity contribution in [1.82, 2.24) is 9.97 Å². The molecule has 4 rings (SSSR count). The number of aromatic nitrogens is 2. The molecule has 4 N–H and O–H groups in total. The monoisotopic (exact) mass is 492 g/mol. The molecule has 0 fully saturated rings. The summed E-state index contributed by atoms with van der Waals surface area (Å²) < 4.78 is 12.1. The lowest BCUT2D eigenvalue weighted by Gasteiger charge is -2.17. The lowest BCUT2D eigenvalue weighted by molar-refractivity contribution is -0.115. The zero-order valence-electron chi connectivity index (χ0n) is 19.1. The quantitative estimate of drug-likeness (QED) is 0.322. The average Bonchev–Trinajstić information content (AvgIpc) is 3.20. The van der Waals surface area contributed by atoms with Gasteiger partial charge in [-0.1, -0.05) is 23.5 Å². The summed E-state index contributed by atoms with van der Waals surface area (Å²) in [4.78, 5) is 32.5. The molecular formula is C25H24N4O5S. The third-order valence-electron chi connectivity index (χ3n) is 4.74. The Kier molecular flexibility index (Phi) is 6.94. The third kappa shape index (κ3) is 6.52. The zero-order chi connectivity index (χ0) is 25.0. The summed E-state index contributed by atoms with van der Waals surface area (Å²) in [6.07, 6.45) is 1.65. The maximum absolute atomic E-state index is 12.5. The smallest absolute Gasteiger partial charge is 0.254 e. The van der Waals surface area contributed by atoms with Crippen molar-refractivity contribution in [3.63, 3.8) is 0 Å². The molecule has 0 bridgehead atoms. The highest BCUT2D eigenvalue weighted by molar-refractivity contribution is 7.22. The lowest BCUT2D eigenvalue weighted by atomic mass is 10.1. The van der Waals surface area contributed by atoms with E-state index in [1.807, 2.05) is 12.1 Å². The largest absolute Gasteiger partial charge is 0.491 e. The van der Waals surface area contributed by atoms with Crippen molar-refractivity contribution in [2.75, 3.05) is 11.9 Å². The second-order valence-electron chi connectivity index (χ2n) is 8.44. The number of carbonyl (C=O) groups excluding carboxylic acids is 2. The summed E-state index contributed by atoms with van der Waals surface area (Å²) >= 11 is 1.34. The van der Waals surface area contributed by atoms with Crippen LogP contribution in [0.15, 0.2) is 60.8 Å². The van der Waals surface area contributed by atoms with Crippen molar-refractivity contribution in [1.29, 1.82) is 0 Å². The highest BCUT2D eigenvalue weighted by atomic mass is 32.1. The number of benzene rings is 2. The van der Waals surface area contributed by atoms with Crippen LogP contribution in [0.3, 0.4) is 0 Å². The van der Waals surface area contributed by atoms with E-state index in [9.17, 15) is 14.7 Å². The predicted molar refractivity (Wildman–Crippen MR) is 133 cm³/mol. The Labute approximate surface area is 205 Å². The number of carbonyl (C=O) groups is 2. The van der Waals surface area contributed by atoms with Crippen LogP contribution in [-0.2, 0) is 11.2 Å². The van der Waals surface area contributed by atoms with Crippen molar-refractivity contribution in [3.05, 3.63) is 71.9 Å². The van der Waals surface area contributed by atoms with Crippen LogP contribution in [-0.4, -0.2) is 39.1 Å². The molecule has 35 heavy (non-hydrogen) atoms. The van der Waals surface area contributed by atoms with Crippen molar-refractivity contribution >= 4 is 38.5 Å². The molecule has 9 nitrogen and oxygen atoms in total. The van der Waals surface area contributed by atoms with Crippen LogP contribution in [0.4, 0.5) is 5.13 Å². The Morgan fingerprint density at radius 1 is 1.11 bits per heavy atom. The predicted octanol–water partition coefficient (Wildman–Crippen LogP) is 3.91. The summed E-state index contributed by atoms with van der Waals surface area (Å²) in [5.74, 6) is 0.363. The number of hydrogen-bond acceptors (Lipinski definition) is 8. The second-order valence-corrected chi connectivity index (χ2v) is 9.47. The van der Waals surface area contributed by atoms with Crippen molar-refractivity contribution in [3.8, 4) is 17.4 Å². The number of ether oxygens (including phenoxy) is 2. The van der Waals surface area contributed by atoms with Crippen LogP contribution in [0.1, 0.15) is 29.8 Å². The molecular weight excluding hydrogens is 468 g/mol. The molecule has 0 spiro atoms. The van der Waals surface area contributed by atoms with Crippen LogP contribution in [0.5, 0.6) is 17.4 Å². The second kappa shape index (κ2) is 10.1. The van der Waals surface area contributed by atoms with Gasteiger partial charge in [-0.3, -0.25) is 9.59 Å². The van der Waals surface area contributed by atoms with Crippen LogP contribution in [0, 0.1) is 0 Å². The molecule has 0 aliphatic heterocycles. The average molecular weight is 493 g/mol.